The Labute approximate surface area is 155 Å². The predicted octanol–water partition coefficient (Wildman–Crippen LogP) is 2.37. The van der Waals surface area contributed by atoms with Crippen LogP contribution in [0.4, 0.5) is 17.2 Å². The van der Waals surface area contributed by atoms with E-state index in [1.165, 1.54) is 0 Å². The van der Waals surface area contributed by atoms with Crippen LogP contribution in [-0.4, -0.2) is 50.1 Å². The molecule has 0 saturated heterocycles. The first-order valence-electron chi connectivity index (χ1n) is 8.24. The highest BCUT2D eigenvalue weighted by atomic mass is 35.5. The smallest absolute Gasteiger partial charge is 0.165 e. The summed E-state index contributed by atoms with van der Waals surface area (Å²) < 4.78 is 0. The van der Waals surface area contributed by atoms with Crippen molar-refractivity contribution in [1.82, 2.24) is 9.97 Å². The van der Waals surface area contributed by atoms with Crippen molar-refractivity contribution in [2.75, 3.05) is 11.9 Å². The molecule has 4 atom stereocenters. The van der Waals surface area contributed by atoms with Crippen molar-refractivity contribution in [2.45, 2.75) is 31.6 Å². The first kappa shape index (κ1) is 18.7. The van der Waals surface area contributed by atoms with Crippen LogP contribution in [0.25, 0.3) is 0 Å². The van der Waals surface area contributed by atoms with E-state index in [9.17, 15) is 15.3 Å². The van der Waals surface area contributed by atoms with Gasteiger partial charge in [0.1, 0.15) is 11.9 Å². The molecular weight excluding hydrogens is 358 g/mol. The number of benzene rings is 1. The Kier molecular flexibility index (Phi) is 5.77. The number of rotatable bonds is 5. The van der Waals surface area contributed by atoms with Crippen molar-refractivity contribution in [2.24, 2.45) is 16.1 Å². The number of aromatic nitrogens is 2. The van der Waals surface area contributed by atoms with Gasteiger partial charge < -0.3 is 20.6 Å². The summed E-state index contributed by atoms with van der Waals surface area (Å²) in [5.41, 5.74) is 0.891. The van der Waals surface area contributed by atoms with Crippen LogP contribution in [0.2, 0.25) is 5.15 Å². The fourth-order valence-electron chi connectivity index (χ4n) is 2.95. The van der Waals surface area contributed by atoms with Gasteiger partial charge >= 0.3 is 0 Å². The molecule has 0 radical (unpaired) electrons. The molecule has 0 bridgehead atoms. The molecule has 1 aliphatic rings. The molecule has 26 heavy (non-hydrogen) atoms. The molecule has 4 N–H and O–H groups in total. The van der Waals surface area contributed by atoms with Crippen LogP contribution >= 0.6 is 11.6 Å². The van der Waals surface area contributed by atoms with Crippen molar-refractivity contribution < 1.29 is 15.3 Å². The van der Waals surface area contributed by atoms with Crippen molar-refractivity contribution >= 4 is 28.8 Å². The van der Waals surface area contributed by atoms with Crippen LogP contribution in [0, 0.1) is 12.8 Å². The lowest BCUT2D eigenvalue weighted by Crippen LogP contribution is -2.35. The zero-order valence-electron chi connectivity index (χ0n) is 14.1. The Bertz CT molecular complexity index is 789. The first-order chi connectivity index (χ1) is 12.5. The monoisotopic (exact) mass is 377 g/mol. The van der Waals surface area contributed by atoms with E-state index in [0.29, 0.717) is 23.8 Å². The van der Waals surface area contributed by atoms with E-state index in [1.54, 1.807) is 19.1 Å². The van der Waals surface area contributed by atoms with Crippen LogP contribution in [0.5, 0.6) is 0 Å². The van der Waals surface area contributed by atoms with Crippen LogP contribution in [0.3, 0.4) is 0 Å². The summed E-state index contributed by atoms with van der Waals surface area (Å²) in [5.74, 6) is 0.343. The van der Waals surface area contributed by atoms with Gasteiger partial charge in [0, 0.05) is 12.5 Å². The van der Waals surface area contributed by atoms with Crippen molar-refractivity contribution in [3.63, 3.8) is 0 Å². The number of aryl methyl sites for hydroxylation is 1. The van der Waals surface area contributed by atoms with E-state index in [1.807, 2.05) is 18.2 Å². The van der Waals surface area contributed by atoms with Crippen LogP contribution in [0.1, 0.15) is 12.2 Å². The van der Waals surface area contributed by atoms with Gasteiger partial charge in [0.25, 0.3) is 0 Å². The summed E-state index contributed by atoms with van der Waals surface area (Å²) >= 11 is 6.21. The minimum absolute atomic E-state index is 0.131. The highest BCUT2D eigenvalue weighted by Gasteiger charge is 2.41. The van der Waals surface area contributed by atoms with Crippen LogP contribution in [0.15, 0.2) is 40.6 Å². The molecule has 9 heteroatoms. The number of anilines is 1. The maximum atomic E-state index is 10.2. The van der Waals surface area contributed by atoms with E-state index in [-0.39, 0.29) is 17.4 Å². The zero-order chi connectivity index (χ0) is 18.7. The number of hydrogen-bond donors (Lipinski definition) is 4. The van der Waals surface area contributed by atoms with Gasteiger partial charge in [-0.3, -0.25) is 0 Å². The quantitative estimate of drug-likeness (QED) is 0.468. The Morgan fingerprint density at radius 2 is 1.88 bits per heavy atom. The Morgan fingerprint density at radius 1 is 1.15 bits per heavy atom. The molecule has 1 aromatic heterocycles. The lowest BCUT2D eigenvalue weighted by molar-refractivity contribution is 0.00446. The second kappa shape index (κ2) is 8.05. The molecule has 1 aliphatic carbocycles. The maximum absolute atomic E-state index is 10.2. The van der Waals surface area contributed by atoms with Gasteiger partial charge in [-0.05, 0) is 25.5 Å². The third kappa shape index (κ3) is 3.99. The van der Waals surface area contributed by atoms with E-state index >= 15 is 0 Å². The number of azo groups is 1. The molecule has 2 aromatic rings. The van der Waals surface area contributed by atoms with Crippen molar-refractivity contribution in [3.8, 4) is 0 Å². The highest BCUT2D eigenvalue weighted by Crippen LogP contribution is 2.35. The molecule has 0 unspecified atom stereocenters. The standard InChI is InChI=1S/C17H20ClN5O3/c1-9-19-16(18)13(23-22-11-5-3-2-4-6-11)17(20-9)21-12-7-10(8-24)14(25)15(12)26/h2-6,10,12,14-15,24-26H,7-8H2,1H3,(H,19,20,21)/t10-,12-,14-,15+/m1/s1. The zero-order valence-corrected chi connectivity index (χ0v) is 14.9. The number of aliphatic hydroxyl groups is 3. The Balaban J connectivity index is 1.88. The van der Waals surface area contributed by atoms with Gasteiger partial charge in [-0.1, -0.05) is 29.8 Å². The summed E-state index contributed by atoms with van der Waals surface area (Å²) in [6.07, 6.45) is -1.67. The molecule has 0 amide bonds. The lowest BCUT2D eigenvalue weighted by atomic mass is 10.1. The van der Waals surface area contributed by atoms with Crippen LogP contribution < -0.4 is 5.32 Å². The van der Waals surface area contributed by atoms with Gasteiger partial charge in [0.2, 0.25) is 0 Å². The average Bonchev–Trinajstić information content (AvgIpc) is 2.89. The Morgan fingerprint density at radius 3 is 2.54 bits per heavy atom. The molecule has 1 saturated carbocycles. The van der Waals surface area contributed by atoms with Gasteiger partial charge in [-0.2, -0.15) is 5.11 Å². The summed E-state index contributed by atoms with van der Waals surface area (Å²) in [5, 5.41) is 41.0. The number of halogens is 1. The topological polar surface area (TPSA) is 123 Å². The summed E-state index contributed by atoms with van der Waals surface area (Å²) in [6, 6.07) is 8.64. The minimum Gasteiger partial charge on any atom is -0.396 e. The summed E-state index contributed by atoms with van der Waals surface area (Å²) in [4.78, 5) is 8.40. The number of nitrogens with one attached hydrogen (secondary N) is 1. The minimum atomic E-state index is -1.04. The normalized spacial score (nSPS) is 25.7. The SMILES string of the molecule is Cc1nc(Cl)c(N=Nc2ccccc2)c(N[C@@H]2C[C@H](CO)[C@@H](O)[C@H]2O)n1. The summed E-state index contributed by atoms with van der Waals surface area (Å²) in [6.45, 7) is 1.48. The molecule has 8 nitrogen and oxygen atoms in total. The van der Waals surface area contributed by atoms with Crippen molar-refractivity contribution in [1.29, 1.82) is 0 Å². The molecule has 0 spiro atoms. The predicted molar refractivity (Wildman–Crippen MR) is 97.0 cm³/mol. The second-order valence-electron chi connectivity index (χ2n) is 6.20. The molecule has 0 aliphatic heterocycles. The van der Waals surface area contributed by atoms with Gasteiger partial charge in [-0.15, -0.1) is 5.11 Å². The molecule has 1 fully saturated rings. The average molecular weight is 378 g/mol. The number of nitrogens with zero attached hydrogens (tertiary/aromatic N) is 4. The molecule has 1 heterocycles. The molecule has 3 rings (SSSR count). The van der Waals surface area contributed by atoms with E-state index < -0.39 is 24.2 Å². The van der Waals surface area contributed by atoms with Gasteiger partial charge in [0.05, 0.1) is 17.8 Å². The van der Waals surface area contributed by atoms with E-state index in [0.717, 1.165) is 0 Å². The summed E-state index contributed by atoms with van der Waals surface area (Å²) in [7, 11) is 0. The van der Waals surface area contributed by atoms with Crippen LogP contribution in [-0.2, 0) is 0 Å². The second-order valence-corrected chi connectivity index (χ2v) is 6.56. The third-order valence-corrected chi connectivity index (χ3v) is 4.60. The lowest BCUT2D eigenvalue weighted by Gasteiger charge is -2.19. The van der Waals surface area contributed by atoms with Gasteiger partial charge in [0.15, 0.2) is 16.7 Å². The Hall–Kier alpha value is -2.13. The van der Waals surface area contributed by atoms with Crippen molar-refractivity contribution in [3.05, 3.63) is 41.3 Å². The number of hydrogen-bond acceptors (Lipinski definition) is 8. The number of aliphatic hydroxyl groups excluding tert-OH is 3. The molecule has 1 aromatic carbocycles. The maximum Gasteiger partial charge on any atom is 0.165 e. The highest BCUT2D eigenvalue weighted by molar-refractivity contribution is 6.32. The fraction of sp³-hybridized carbons (Fsp3) is 0.412. The van der Waals surface area contributed by atoms with Gasteiger partial charge in [-0.25, -0.2) is 9.97 Å². The third-order valence-electron chi connectivity index (χ3n) is 4.33. The van der Waals surface area contributed by atoms with E-state index in [4.69, 9.17) is 11.6 Å². The largest absolute Gasteiger partial charge is 0.396 e. The first-order valence-corrected chi connectivity index (χ1v) is 8.62. The fourth-order valence-corrected chi connectivity index (χ4v) is 3.20. The van der Waals surface area contributed by atoms with E-state index in [2.05, 4.69) is 25.5 Å². The molecular formula is C17H20ClN5O3. The molecule has 138 valence electrons.